The van der Waals surface area contributed by atoms with Gasteiger partial charge in [-0.1, -0.05) is 23.3 Å². The molecule has 110 valence electrons. The molecule has 0 amide bonds. The minimum absolute atomic E-state index is 0.373. The molecule has 2 aliphatic heterocycles. The number of nitrogens with zero attached hydrogens (tertiary/aromatic N) is 5. The molecule has 21 heavy (non-hydrogen) atoms. The van der Waals surface area contributed by atoms with E-state index in [2.05, 4.69) is 20.4 Å². The highest BCUT2D eigenvalue weighted by molar-refractivity contribution is 5.40. The number of anilines is 1. The monoisotopic (exact) mass is 287 g/mol. The molecule has 7 nitrogen and oxygen atoms in total. The summed E-state index contributed by atoms with van der Waals surface area (Å²) in [5.74, 6) is 0.399. The Morgan fingerprint density at radius 1 is 1.00 bits per heavy atom. The van der Waals surface area contributed by atoms with Gasteiger partial charge in [0.1, 0.15) is 0 Å². The molecule has 2 saturated heterocycles. The molecule has 1 spiro atoms. The van der Waals surface area contributed by atoms with E-state index >= 15 is 0 Å². The molecule has 3 heterocycles. The van der Waals surface area contributed by atoms with Crippen LogP contribution in [0, 0.1) is 0 Å². The van der Waals surface area contributed by atoms with Crippen LogP contribution in [0.3, 0.4) is 0 Å². The Hall–Kier alpha value is -1.99. The summed E-state index contributed by atoms with van der Waals surface area (Å²) in [6.45, 7) is 3.05. The van der Waals surface area contributed by atoms with Gasteiger partial charge >= 0.3 is 0 Å². The van der Waals surface area contributed by atoms with Gasteiger partial charge in [-0.05, 0) is 22.6 Å². The molecule has 1 aromatic heterocycles. The van der Waals surface area contributed by atoms with Crippen molar-refractivity contribution in [3.8, 4) is 5.69 Å². The van der Waals surface area contributed by atoms with E-state index in [4.69, 9.17) is 9.47 Å². The number of aromatic nitrogens is 4. The lowest BCUT2D eigenvalue weighted by Gasteiger charge is -2.37. The number of hydrogen-bond donors (Lipinski definition) is 0. The summed E-state index contributed by atoms with van der Waals surface area (Å²) < 4.78 is 13.3. The Labute approximate surface area is 122 Å². The number of ether oxygens (including phenoxy) is 2. The molecular weight excluding hydrogens is 270 g/mol. The molecule has 2 aromatic rings. The Bertz CT molecular complexity index is 599. The van der Waals surface area contributed by atoms with E-state index in [0.717, 1.165) is 37.6 Å². The van der Waals surface area contributed by atoms with E-state index in [1.165, 1.54) is 0 Å². The van der Waals surface area contributed by atoms with Crippen LogP contribution in [0.25, 0.3) is 5.69 Å². The van der Waals surface area contributed by atoms with E-state index in [1.807, 2.05) is 30.3 Å². The molecule has 4 rings (SSSR count). The van der Waals surface area contributed by atoms with Crippen molar-refractivity contribution in [3.63, 3.8) is 0 Å². The summed E-state index contributed by atoms with van der Waals surface area (Å²) in [6, 6.07) is 9.92. The first-order valence-electron chi connectivity index (χ1n) is 7.23. The van der Waals surface area contributed by atoms with Crippen molar-refractivity contribution < 1.29 is 9.47 Å². The highest BCUT2D eigenvalue weighted by Gasteiger charge is 2.40. The van der Waals surface area contributed by atoms with Crippen LogP contribution in [0.5, 0.6) is 0 Å². The lowest BCUT2D eigenvalue weighted by atomic mass is 10.0. The number of hydrogen-bond acceptors (Lipinski definition) is 6. The van der Waals surface area contributed by atoms with Crippen LogP contribution < -0.4 is 4.90 Å². The van der Waals surface area contributed by atoms with Crippen LogP contribution in [-0.4, -0.2) is 52.3 Å². The minimum Gasteiger partial charge on any atom is -0.347 e. The van der Waals surface area contributed by atoms with Crippen LogP contribution >= 0.6 is 0 Å². The van der Waals surface area contributed by atoms with E-state index in [1.54, 1.807) is 4.68 Å². The van der Waals surface area contributed by atoms with Gasteiger partial charge in [0.25, 0.3) is 0 Å². The van der Waals surface area contributed by atoms with E-state index in [0.29, 0.717) is 13.2 Å². The lowest BCUT2D eigenvalue weighted by Crippen LogP contribution is -2.46. The summed E-state index contributed by atoms with van der Waals surface area (Å²) in [5, 5.41) is 12.1. The van der Waals surface area contributed by atoms with Crippen molar-refractivity contribution in [1.29, 1.82) is 0 Å². The van der Waals surface area contributed by atoms with Gasteiger partial charge in [-0.25, -0.2) is 0 Å². The third kappa shape index (κ3) is 2.28. The molecule has 0 atom stereocenters. The average molecular weight is 287 g/mol. The van der Waals surface area contributed by atoms with Gasteiger partial charge in [-0.3, -0.25) is 0 Å². The van der Waals surface area contributed by atoms with Gasteiger partial charge in [0.2, 0.25) is 5.95 Å². The Morgan fingerprint density at radius 3 is 2.43 bits per heavy atom. The fourth-order valence-electron chi connectivity index (χ4n) is 2.95. The maximum Gasteiger partial charge on any atom is 0.250 e. The standard InChI is InChI=1S/C14H17N5O2/c1-2-4-12(5-3-1)19-13(15-16-17-19)18-8-6-14(7-9-18)20-10-11-21-14/h1-5H,6-11H2. The van der Waals surface area contributed by atoms with Crippen molar-refractivity contribution >= 4 is 5.95 Å². The Kier molecular flexibility index (Phi) is 3.08. The molecular formula is C14H17N5O2. The summed E-state index contributed by atoms with van der Waals surface area (Å²) >= 11 is 0. The minimum atomic E-state index is -0.373. The van der Waals surface area contributed by atoms with Crippen molar-refractivity contribution in [2.24, 2.45) is 0 Å². The summed E-state index contributed by atoms with van der Waals surface area (Å²) in [7, 11) is 0. The number of rotatable bonds is 2. The topological polar surface area (TPSA) is 65.3 Å². The largest absolute Gasteiger partial charge is 0.347 e. The van der Waals surface area contributed by atoms with E-state index in [9.17, 15) is 0 Å². The average Bonchev–Trinajstić information content (AvgIpc) is 3.19. The SMILES string of the molecule is c1ccc(-n2nnnc2N2CCC3(CC2)OCCO3)cc1. The summed E-state index contributed by atoms with van der Waals surface area (Å²) in [4.78, 5) is 2.18. The van der Waals surface area contributed by atoms with Crippen molar-refractivity contribution in [1.82, 2.24) is 20.2 Å². The molecule has 0 saturated carbocycles. The molecule has 0 unspecified atom stereocenters. The zero-order valence-electron chi connectivity index (χ0n) is 11.7. The second kappa shape index (κ2) is 5.09. The van der Waals surface area contributed by atoms with Crippen LogP contribution in [0.4, 0.5) is 5.95 Å². The fraction of sp³-hybridized carbons (Fsp3) is 0.500. The molecule has 0 aliphatic carbocycles. The Balaban J connectivity index is 1.55. The first-order valence-corrected chi connectivity index (χ1v) is 7.23. The fourth-order valence-corrected chi connectivity index (χ4v) is 2.95. The van der Waals surface area contributed by atoms with Gasteiger partial charge in [-0.15, -0.1) is 0 Å². The third-order valence-corrected chi connectivity index (χ3v) is 4.08. The van der Waals surface area contributed by atoms with Gasteiger partial charge in [0, 0.05) is 25.9 Å². The second-order valence-corrected chi connectivity index (χ2v) is 5.32. The lowest BCUT2D eigenvalue weighted by molar-refractivity contribution is -0.169. The van der Waals surface area contributed by atoms with Crippen molar-refractivity contribution in [3.05, 3.63) is 30.3 Å². The maximum atomic E-state index is 5.75. The zero-order chi connectivity index (χ0) is 14.1. The predicted octanol–water partition coefficient (Wildman–Crippen LogP) is 1.01. The normalized spacial score (nSPS) is 21.0. The van der Waals surface area contributed by atoms with Gasteiger partial charge in [-0.2, -0.15) is 4.68 Å². The summed E-state index contributed by atoms with van der Waals surface area (Å²) in [6.07, 6.45) is 1.68. The smallest absolute Gasteiger partial charge is 0.250 e. The molecule has 1 aromatic carbocycles. The van der Waals surface area contributed by atoms with Crippen LogP contribution in [0.15, 0.2) is 30.3 Å². The van der Waals surface area contributed by atoms with E-state index in [-0.39, 0.29) is 5.79 Å². The Morgan fingerprint density at radius 2 is 1.71 bits per heavy atom. The number of piperidine rings is 1. The van der Waals surface area contributed by atoms with Crippen molar-refractivity contribution in [2.45, 2.75) is 18.6 Å². The first-order chi connectivity index (χ1) is 10.4. The highest BCUT2D eigenvalue weighted by atomic mass is 16.7. The van der Waals surface area contributed by atoms with Crippen LogP contribution in [0.2, 0.25) is 0 Å². The molecule has 0 bridgehead atoms. The van der Waals surface area contributed by atoms with Crippen LogP contribution in [-0.2, 0) is 9.47 Å². The summed E-state index contributed by atoms with van der Waals surface area (Å²) in [5.41, 5.74) is 0.964. The quantitative estimate of drug-likeness (QED) is 0.821. The van der Waals surface area contributed by atoms with Gasteiger partial charge in [0.05, 0.1) is 18.9 Å². The predicted molar refractivity (Wildman–Crippen MR) is 75.2 cm³/mol. The molecule has 2 fully saturated rings. The van der Waals surface area contributed by atoms with Gasteiger partial charge < -0.3 is 14.4 Å². The molecule has 2 aliphatic rings. The number of para-hydroxylation sites is 1. The molecule has 0 N–H and O–H groups in total. The third-order valence-electron chi connectivity index (χ3n) is 4.08. The highest BCUT2D eigenvalue weighted by Crippen LogP contribution is 2.32. The number of tetrazole rings is 1. The molecule has 7 heteroatoms. The zero-order valence-corrected chi connectivity index (χ0v) is 11.7. The second-order valence-electron chi connectivity index (χ2n) is 5.32. The number of benzene rings is 1. The van der Waals surface area contributed by atoms with Crippen LogP contribution in [0.1, 0.15) is 12.8 Å². The molecule has 0 radical (unpaired) electrons. The van der Waals surface area contributed by atoms with E-state index < -0.39 is 0 Å². The maximum absolute atomic E-state index is 5.75. The van der Waals surface area contributed by atoms with Gasteiger partial charge in [0.15, 0.2) is 5.79 Å². The first kappa shape index (κ1) is 12.7. The van der Waals surface area contributed by atoms with Crippen molar-refractivity contribution in [2.75, 3.05) is 31.2 Å².